The number of furan rings is 1. The van der Waals surface area contributed by atoms with E-state index in [1.165, 1.54) is 18.2 Å². The first kappa shape index (κ1) is 23.3. The molecule has 1 N–H and O–H groups in total. The van der Waals surface area contributed by atoms with E-state index in [-0.39, 0.29) is 17.7 Å². The third-order valence-corrected chi connectivity index (χ3v) is 7.09. The highest BCUT2D eigenvalue weighted by Gasteiger charge is 2.24. The van der Waals surface area contributed by atoms with Crippen LogP contribution in [0.1, 0.15) is 38.0 Å². The zero-order chi connectivity index (χ0) is 24.2. The molecule has 0 unspecified atom stereocenters. The SMILES string of the molecule is COc1ccccc1-n1c(SCC(=O)N[C@@H](C)c2cc3ccccc3o2)nnc1N1CCCCC1. The fraction of sp³-hybridized carbons (Fsp3) is 0.346. The number of hydrogen-bond donors (Lipinski definition) is 1. The number of methoxy groups -OCH3 is 1. The topological polar surface area (TPSA) is 85.4 Å². The second-order valence-electron chi connectivity index (χ2n) is 8.60. The van der Waals surface area contributed by atoms with Crippen molar-refractivity contribution in [2.75, 3.05) is 30.9 Å². The molecule has 182 valence electrons. The average Bonchev–Trinajstić information content (AvgIpc) is 3.52. The summed E-state index contributed by atoms with van der Waals surface area (Å²) in [6, 6.07) is 17.4. The van der Waals surface area contributed by atoms with Crippen LogP contribution in [0.4, 0.5) is 5.95 Å². The number of nitrogens with one attached hydrogen (secondary N) is 1. The summed E-state index contributed by atoms with van der Waals surface area (Å²) in [7, 11) is 1.66. The summed E-state index contributed by atoms with van der Waals surface area (Å²) in [4.78, 5) is 15.1. The maximum Gasteiger partial charge on any atom is 0.232 e. The number of fused-ring (bicyclic) bond motifs is 1. The van der Waals surface area contributed by atoms with Crippen LogP contribution >= 0.6 is 11.8 Å². The lowest BCUT2D eigenvalue weighted by molar-refractivity contribution is -0.119. The van der Waals surface area contributed by atoms with Gasteiger partial charge in [0.05, 0.1) is 24.6 Å². The van der Waals surface area contributed by atoms with Crippen molar-refractivity contribution >= 4 is 34.6 Å². The van der Waals surface area contributed by atoms with Gasteiger partial charge >= 0.3 is 0 Å². The zero-order valence-electron chi connectivity index (χ0n) is 19.9. The molecule has 8 nitrogen and oxygen atoms in total. The Morgan fingerprint density at radius 2 is 1.89 bits per heavy atom. The Hall–Kier alpha value is -3.46. The number of rotatable bonds is 8. The fourth-order valence-electron chi connectivity index (χ4n) is 4.38. The Labute approximate surface area is 208 Å². The van der Waals surface area contributed by atoms with E-state index in [0.717, 1.165) is 60.0 Å². The van der Waals surface area contributed by atoms with Crippen molar-refractivity contribution in [1.82, 2.24) is 20.1 Å². The number of nitrogens with zero attached hydrogens (tertiary/aromatic N) is 4. The number of ether oxygens (including phenoxy) is 1. The summed E-state index contributed by atoms with van der Waals surface area (Å²) in [5, 5.41) is 13.7. The molecule has 1 aliphatic heterocycles. The van der Waals surface area contributed by atoms with Gasteiger partial charge in [0.1, 0.15) is 17.1 Å². The van der Waals surface area contributed by atoms with Crippen molar-refractivity contribution < 1.29 is 13.9 Å². The van der Waals surface area contributed by atoms with E-state index in [9.17, 15) is 4.79 Å². The van der Waals surface area contributed by atoms with Crippen molar-refractivity contribution in [2.24, 2.45) is 0 Å². The molecule has 1 amide bonds. The predicted molar refractivity (Wildman–Crippen MR) is 137 cm³/mol. The largest absolute Gasteiger partial charge is 0.495 e. The number of anilines is 1. The lowest BCUT2D eigenvalue weighted by atomic mass is 10.1. The molecule has 0 radical (unpaired) electrons. The third-order valence-electron chi connectivity index (χ3n) is 6.16. The van der Waals surface area contributed by atoms with E-state index in [0.29, 0.717) is 5.16 Å². The van der Waals surface area contributed by atoms with Crippen molar-refractivity contribution in [3.63, 3.8) is 0 Å². The van der Waals surface area contributed by atoms with Gasteiger partial charge in [-0.2, -0.15) is 0 Å². The quantitative estimate of drug-likeness (QED) is 0.348. The van der Waals surface area contributed by atoms with Gasteiger partial charge in [-0.3, -0.25) is 9.36 Å². The predicted octanol–water partition coefficient (Wildman–Crippen LogP) is 4.98. The second-order valence-corrected chi connectivity index (χ2v) is 9.54. The van der Waals surface area contributed by atoms with Crippen LogP contribution in [-0.2, 0) is 4.79 Å². The second kappa shape index (κ2) is 10.4. The van der Waals surface area contributed by atoms with Crippen LogP contribution in [0.5, 0.6) is 5.75 Å². The van der Waals surface area contributed by atoms with Crippen LogP contribution < -0.4 is 15.0 Å². The van der Waals surface area contributed by atoms with E-state index >= 15 is 0 Å². The number of thioether (sulfide) groups is 1. The van der Waals surface area contributed by atoms with Crippen LogP contribution in [0.2, 0.25) is 0 Å². The summed E-state index contributed by atoms with van der Waals surface area (Å²) in [6.07, 6.45) is 3.48. The van der Waals surface area contributed by atoms with Crippen LogP contribution in [0.25, 0.3) is 16.7 Å². The lowest BCUT2D eigenvalue weighted by Crippen LogP contribution is -2.32. The van der Waals surface area contributed by atoms with Crippen molar-refractivity contribution in [3.8, 4) is 11.4 Å². The van der Waals surface area contributed by atoms with Gasteiger partial charge in [-0.05, 0) is 50.5 Å². The first-order chi connectivity index (χ1) is 17.1. The van der Waals surface area contributed by atoms with Gasteiger partial charge in [-0.25, -0.2) is 0 Å². The van der Waals surface area contributed by atoms with Crippen LogP contribution in [0.15, 0.2) is 64.2 Å². The first-order valence-electron chi connectivity index (χ1n) is 11.9. The molecular weight excluding hydrogens is 462 g/mol. The van der Waals surface area contributed by atoms with E-state index in [1.54, 1.807) is 7.11 Å². The minimum absolute atomic E-state index is 0.0999. The minimum atomic E-state index is -0.244. The van der Waals surface area contributed by atoms with Crippen LogP contribution in [0, 0.1) is 0 Å². The van der Waals surface area contributed by atoms with Gasteiger partial charge in [0.15, 0.2) is 5.16 Å². The van der Waals surface area contributed by atoms with E-state index in [4.69, 9.17) is 9.15 Å². The van der Waals surface area contributed by atoms with Gasteiger partial charge in [-0.1, -0.05) is 42.1 Å². The number of amides is 1. The minimum Gasteiger partial charge on any atom is -0.495 e. The molecule has 5 rings (SSSR count). The van der Waals surface area contributed by atoms with E-state index in [1.807, 2.05) is 66.1 Å². The number of carbonyl (C=O) groups excluding carboxylic acids is 1. The van der Waals surface area contributed by atoms with E-state index < -0.39 is 0 Å². The molecule has 2 aromatic carbocycles. The summed E-state index contributed by atoms with van der Waals surface area (Å²) in [5.41, 5.74) is 1.67. The monoisotopic (exact) mass is 491 g/mol. The summed E-state index contributed by atoms with van der Waals surface area (Å²) in [6.45, 7) is 3.80. The Morgan fingerprint density at radius 1 is 1.11 bits per heavy atom. The van der Waals surface area contributed by atoms with Gasteiger partial charge in [0.2, 0.25) is 11.9 Å². The Kier molecular flexibility index (Phi) is 6.94. The Bertz CT molecular complexity index is 1280. The zero-order valence-corrected chi connectivity index (χ0v) is 20.8. The molecule has 1 saturated heterocycles. The molecule has 4 aromatic rings. The summed E-state index contributed by atoms with van der Waals surface area (Å²) in [5.74, 6) is 2.35. The van der Waals surface area contributed by atoms with Gasteiger partial charge in [0, 0.05) is 18.5 Å². The normalized spacial score (nSPS) is 14.7. The molecule has 3 heterocycles. The number of carbonyl (C=O) groups is 1. The first-order valence-corrected chi connectivity index (χ1v) is 12.9. The maximum atomic E-state index is 12.8. The third kappa shape index (κ3) is 5.00. The van der Waals surface area contributed by atoms with Gasteiger partial charge in [-0.15, -0.1) is 10.2 Å². The van der Waals surface area contributed by atoms with Gasteiger partial charge in [0.25, 0.3) is 0 Å². The highest BCUT2D eigenvalue weighted by atomic mass is 32.2. The number of benzene rings is 2. The summed E-state index contributed by atoms with van der Waals surface area (Å²) >= 11 is 1.36. The average molecular weight is 492 g/mol. The molecule has 0 bridgehead atoms. The standard InChI is InChI=1S/C26H29N5O3S/c1-18(23-16-19-10-4-6-12-21(19)34-23)27-24(32)17-35-26-29-28-25(30-14-8-3-9-15-30)31(26)20-11-5-7-13-22(20)33-2/h4-7,10-13,16,18H,3,8-9,14-15,17H2,1-2H3,(H,27,32)/t18-/m0/s1. The molecule has 1 aliphatic rings. The molecule has 0 aliphatic carbocycles. The molecule has 1 fully saturated rings. The van der Waals surface area contributed by atoms with Crippen LogP contribution in [-0.4, -0.2) is 46.6 Å². The number of aromatic nitrogens is 3. The van der Waals surface area contributed by atoms with Crippen LogP contribution in [0.3, 0.4) is 0 Å². The lowest BCUT2D eigenvalue weighted by Gasteiger charge is -2.28. The highest BCUT2D eigenvalue weighted by Crippen LogP contribution is 2.33. The van der Waals surface area contributed by atoms with Gasteiger partial charge < -0.3 is 19.4 Å². The Balaban J connectivity index is 1.33. The molecule has 2 aromatic heterocycles. The molecular formula is C26H29N5O3S. The van der Waals surface area contributed by atoms with Crippen molar-refractivity contribution in [2.45, 2.75) is 37.4 Å². The molecule has 0 spiro atoms. The molecule has 35 heavy (non-hydrogen) atoms. The highest BCUT2D eigenvalue weighted by molar-refractivity contribution is 7.99. The van der Waals surface area contributed by atoms with Crippen molar-refractivity contribution in [3.05, 3.63) is 60.4 Å². The van der Waals surface area contributed by atoms with E-state index in [2.05, 4.69) is 20.4 Å². The maximum absolute atomic E-state index is 12.8. The fourth-order valence-corrected chi connectivity index (χ4v) is 5.13. The Morgan fingerprint density at radius 3 is 2.69 bits per heavy atom. The number of hydrogen-bond acceptors (Lipinski definition) is 7. The molecule has 1 atom stereocenters. The summed E-state index contributed by atoms with van der Waals surface area (Å²) < 4.78 is 13.5. The molecule has 9 heteroatoms. The molecule has 0 saturated carbocycles. The smallest absolute Gasteiger partial charge is 0.232 e. The number of para-hydroxylation sites is 3. The van der Waals surface area contributed by atoms with Crippen molar-refractivity contribution in [1.29, 1.82) is 0 Å². The number of piperidine rings is 1.